The molecule has 1 heterocycles. The summed E-state index contributed by atoms with van der Waals surface area (Å²) in [6.07, 6.45) is 5.67. The van der Waals surface area contributed by atoms with E-state index in [1.165, 1.54) is 11.3 Å². The van der Waals surface area contributed by atoms with Gasteiger partial charge in [0, 0.05) is 11.0 Å². The lowest BCUT2D eigenvalue weighted by Crippen LogP contribution is -2.49. The molecule has 5 heteroatoms. The average Bonchev–Trinajstić information content (AvgIpc) is 2.74. The first-order chi connectivity index (χ1) is 10.1. The number of rotatable bonds is 3. The summed E-state index contributed by atoms with van der Waals surface area (Å²) >= 11 is 3.36. The van der Waals surface area contributed by atoms with Gasteiger partial charge in [0.2, 0.25) is 0 Å². The summed E-state index contributed by atoms with van der Waals surface area (Å²) in [6, 6.07) is 5.07. The number of nitrogens with zero attached hydrogens (tertiary/aromatic N) is 1. The highest BCUT2D eigenvalue weighted by Gasteiger charge is 2.42. The molecule has 1 atom stereocenters. The molecule has 4 nitrogen and oxygen atoms in total. The van der Waals surface area contributed by atoms with Crippen LogP contribution in [0.5, 0.6) is 0 Å². The van der Waals surface area contributed by atoms with E-state index in [9.17, 15) is 9.59 Å². The van der Waals surface area contributed by atoms with Crippen molar-refractivity contribution in [3.63, 3.8) is 0 Å². The van der Waals surface area contributed by atoms with Gasteiger partial charge in [-0.2, -0.15) is 0 Å². The first kappa shape index (κ1) is 14.7. The Kier molecular flexibility index (Phi) is 4.13. The fraction of sp³-hybridized carbons (Fsp3) is 0.500. The molecule has 2 aliphatic rings. The van der Waals surface area contributed by atoms with E-state index < -0.39 is 0 Å². The Hall–Kier alpha value is -1.20. The molecule has 21 heavy (non-hydrogen) atoms. The van der Waals surface area contributed by atoms with Gasteiger partial charge >= 0.3 is 0 Å². The second-order valence-corrected chi connectivity index (χ2v) is 6.79. The molecule has 1 aromatic carbocycles. The molecule has 0 bridgehead atoms. The molecule has 1 aromatic rings. The highest BCUT2D eigenvalue weighted by atomic mass is 79.9. The third-order valence-corrected chi connectivity index (χ3v) is 5.14. The highest BCUT2D eigenvalue weighted by molar-refractivity contribution is 9.10. The molecular weight excluding hydrogens is 332 g/mol. The van der Waals surface area contributed by atoms with Crippen molar-refractivity contribution in [2.45, 2.75) is 38.1 Å². The zero-order chi connectivity index (χ0) is 15.0. The zero-order valence-corrected chi connectivity index (χ0v) is 13.4. The van der Waals surface area contributed by atoms with Crippen molar-refractivity contribution >= 4 is 27.7 Å². The fourth-order valence-corrected chi connectivity index (χ4v) is 3.92. The van der Waals surface area contributed by atoms with Gasteiger partial charge in [0.05, 0.1) is 17.2 Å². The molecular formula is C16H19BrN2O2. The van der Waals surface area contributed by atoms with Crippen LogP contribution < -0.4 is 5.73 Å². The first-order valence-electron chi connectivity index (χ1n) is 7.51. The Morgan fingerprint density at radius 2 is 1.81 bits per heavy atom. The number of imide groups is 1. The van der Waals surface area contributed by atoms with Gasteiger partial charge in [0.15, 0.2) is 0 Å². The van der Waals surface area contributed by atoms with E-state index >= 15 is 0 Å². The molecule has 1 aliphatic heterocycles. The van der Waals surface area contributed by atoms with Gasteiger partial charge in [0.25, 0.3) is 11.8 Å². The number of hydrogen-bond donors (Lipinski definition) is 1. The Balaban J connectivity index is 1.92. The largest absolute Gasteiger partial charge is 0.328 e. The Morgan fingerprint density at radius 1 is 1.14 bits per heavy atom. The van der Waals surface area contributed by atoms with Gasteiger partial charge in [-0.05, 0) is 37.0 Å². The lowest BCUT2D eigenvalue weighted by molar-refractivity contribution is 0.0507. The molecule has 3 rings (SSSR count). The number of carbonyl (C=O) groups is 2. The Morgan fingerprint density at radius 3 is 2.48 bits per heavy atom. The van der Waals surface area contributed by atoms with E-state index in [2.05, 4.69) is 15.9 Å². The van der Waals surface area contributed by atoms with Crippen molar-refractivity contribution in [2.24, 2.45) is 11.7 Å². The molecule has 2 amide bonds. The van der Waals surface area contributed by atoms with Crippen LogP contribution in [0.3, 0.4) is 0 Å². The van der Waals surface area contributed by atoms with Gasteiger partial charge in [-0.3, -0.25) is 14.5 Å². The van der Waals surface area contributed by atoms with E-state index in [4.69, 9.17) is 5.73 Å². The molecule has 1 fully saturated rings. The minimum Gasteiger partial charge on any atom is -0.328 e. The van der Waals surface area contributed by atoms with Crippen LogP contribution in [0.1, 0.15) is 52.8 Å². The number of benzene rings is 1. The van der Waals surface area contributed by atoms with Crippen LogP contribution in [0.25, 0.3) is 0 Å². The smallest absolute Gasteiger partial charge is 0.261 e. The first-order valence-corrected chi connectivity index (χ1v) is 8.30. The summed E-state index contributed by atoms with van der Waals surface area (Å²) in [7, 11) is 0. The van der Waals surface area contributed by atoms with Crippen LogP contribution in [0.15, 0.2) is 22.7 Å². The topological polar surface area (TPSA) is 63.4 Å². The van der Waals surface area contributed by atoms with E-state index in [1.54, 1.807) is 18.2 Å². The van der Waals surface area contributed by atoms with Crippen LogP contribution >= 0.6 is 15.9 Å². The molecule has 2 N–H and O–H groups in total. The van der Waals surface area contributed by atoms with Crippen LogP contribution in [-0.4, -0.2) is 29.3 Å². The molecule has 0 saturated heterocycles. The van der Waals surface area contributed by atoms with Crippen molar-refractivity contribution in [3.05, 3.63) is 33.8 Å². The van der Waals surface area contributed by atoms with Gasteiger partial charge in [0.1, 0.15) is 0 Å². The van der Waals surface area contributed by atoms with Crippen LogP contribution in [0.2, 0.25) is 0 Å². The second-order valence-electron chi connectivity index (χ2n) is 5.87. The van der Waals surface area contributed by atoms with Gasteiger partial charge < -0.3 is 5.73 Å². The van der Waals surface area contributed by atoms with E-state index in [-0.39, 0.29) is 17.9 Å². The summed E-state index contributed by atoms with van der Waals surface area (Å²) in [5, 5.41) is 0. The van der Waals surface area contributed by atoms with E-state index in [1.807, 2.05) is 0 Å². The predicted octanol–water partition coefficient (Wildman–Crippen LogP) is 2.95. The Labute approximate surface area is 132 Å². The molecule has 112 valence electrons. The number of carbonyl (C=O) groups excluding carboxylic acids is 2. The zero-order valence-electron chi connectivity index (χ0n) is 11.8. The standard InChI is InChI=1S/C16H19BrN2O2/c17-11-6-7-12-13(8-11)16(21)19(15(12)20)14(9-18)10-4-2-1-3-5-10/h6-8,10,14H,1-5,9,18H2. The van der Waals surface area contributed by atoms with Crippen molar-refractivity contribution in [2.75, 3.05) is 6.54 Å². The minimum absolute atomic E-state index is 0.170. The third-order valence-electron chi connectivity index (χ3n) is 4.65. The summed E-state index contributed by atoms with van der Waals surface area (Å²) in [6.45, 7) is 0.345. The SMILES string of the molecule is NCC(C1CCCCC1)N1C(=O)c2ccc(Br)cc2C1=O. The lowest BCUT2D eigenvalue weighted by Gasteiger charge is -2.34. The second kappa shape index (κ2) is 5.89. The number of halogens is 1. The lowest BCUT2D eigenvalue weighted by atomic mass is 9.83. The maximum absolute atomic E-state index is 12.6. The van der Waals surface area contributed by atoms with E-state index in [0.717, 1.165) is 30.2 Å². The fourth-order valence-electron chi connectivity index (χ4n) is 3.56. The summed E-state index contributed by atoms with van der Waals surface area (Å²) < 4.78 is 0.811. The van der Waals surface area contributed by atoms with Gasteiger partial charge in [-0.15, -0.1) is 0 Å². The number of nitrogens with two attached hydrogens (primary N) is 1. The molecule has 1 unspecified atom stereocenters. The number of amides is 2. The van der Waals surface area contributed by atoms with Gasteiger partial charge in [-0.1, -0.05) is 35.2 Å². The normalized spacial score (nSPS) is 20.8. The highest BCUT2D eigenvalue weighted by Crippen LogP contribution is 2.34. The molecule has 0 spiro atoms. The van der Waals surface area contributed by atoms with Crippen molar-refractivity contribution < 1.29 is 9.59 Å². The van der Waals surface area contributed by atoms with Crippen molar-refractivity contribution in [3.8, 4) is 0 Å². The third kappa shape index (κ3) is 2.53. The Bertz CT molecular complexity index is 582. The molecule has 1 aliphatic carbocycles. The quantitative estimate of drug-likeness (QED) is 0.852. The molecule has 1 saturated carbocycles. The predicted molar refractivity (Wildman–Crippen MR) is 84.1 cm³/mol. The summed E-state index contributed by atoms with van der Waals surface area (Å²) in [4.78, 5) is 26.6. The number of hydrogen-bond acceptors (Lipinski definition) is 3. The molecule has 0 radical (unpaired) electrons. The van der Waals surface area contributed by atoms with Gasteiger partial charge in [-0.25, -0.2) is 0 Å². The van der Waals surface area contributed by atoms with Crippen molar-refractivity contribution in [1.82, 2.24) is 4.90 Å². The average molecular weight is 351 g/mol. The van der Waals surface area contributed by atoms with E-state index in [0.29, 0.717) is 23.6 Å². The van der Waals surface area contributed by atoms with Crippen molar-refractivity contribution in [1.29, 1.82) is 0 Å². The van der Waals surface area contributed by atoms with Crippen LogP contribution in [0.4, 0.5) is 0 Å². The molecule has 0 aromatic heterocycles. The maximum atomic E-state index is 12.6. The summed E-state index contributed by atoms with van der Waals surface area (Å²) in [5.41, 5.74) is 6.90. The van der Waals surface area contributed by atoms with Crippen LogP contribution in [0, 0.1) is 5.92 Å². The number of fused-ring (bicyclic) bond motifs is 1. The minimum atomic E-state index is -0.197. The monoisotopic (exact) mass is 350 g/mol. The summed E-state index contributed by atoms with van der Waals surface area (Å²) in [5.74, 6) is -0.0461. The maximum Gasteiger partial charge on any atom is 0.261 e. The van der Waals surface area contributed by atoms with Crippen LogP contribution in [-0.2, 0) is 0 Å².